The summed E-state index contributed by atoms with van der Waals surface area (Å²) in [7, 11) is 0. The van der Waals surface area contributed by atoms with E-state index in [1.807, 2.05) is 12.1 Å². The van der Waals surface area contributed by atoms with Crippen molar-refractivity contribution in [3.05, 3.63) is 59.7 Å². The van der Waals surface area contributed by atoms with Gasteiger partial charge in [-0.3, -0.25) is 4.79 Å². The highest BCUT2D eigenvalue weighted by atomic mass is 16.3. The van der Waals surface area contributed by atoms with Gasteiger partial charge in [0.15, 0.2) is 17.3 Å². The zero-order valence-corrected chi connectivity index (χ0v) is 12.8. The highest BCUT2D eigenvalue weighted by molar-refractivity contribution is 5.93. The molecule has 0 aliphatic rings. The summed E-state index contributed by atoms with van der Waals surface area (Å²) in [5.74, 6) is -0.180. The molecule has 0 bridgehead atoms. The first-order valence-corrected chi connectivity index (χ1v) is 7.56. The van der Waals surface area contributed by atoms with Crippen LogP contribution in [0.4, 0.5) is 0 Å². The lowest BCUT2D eigenvalue weighted by Gasteiger charge is -2.02. The Morgan fingerprint density at radius 2 is 1.70 bits per heavy atom. The number of allylic oxidation sites excluding steroid dienone is 1. The van der Waals surface area contributed by atoms with Gasteiger partial charge in [-0.05, 0) is 55.2 Å². The first-order valence-electron chi connectivity index (χ1n) is 7.56. The Kier molecular flexibility index (Phi) is 5.80. The molecule has 3 N–H and O–H groups in total. The molecule has 2 aromatic rings. The molecular weight excluding hydrogens is 292 g/mol. The van der Waals surface area contributed by atoms with Crippen molar-refractivity contribution in [3.8, 4) is 17.2 Å². The monoisotopic (exact) mass is 312 g/mol. The number of unbranched alkanes of at least 4 members (excludes halogenated alkanes) is 1. The fraction of sp³-hybridized carbons (Fsp3) is 0.211. The third-order valence-corrected chi connectivity index (χ3v) is 3.57. The van der Waals surface area contributed by atoms with Gasteiger partial charge in [0.1, 0.15) is 5.75 Å². The Morgan fingerprint density at radius 1 is 0.957 bits per heavy atom. The molecule has 4 heteroatoms. The van der Waals surface area contributed by atoms with Crippen LogP contribution >= 0.6 is 0 Å². The number of para-hydroxylation sites is 1. The van der Waals surface area contributed by atoms with Crippen LogP contribution < -0.4 is 0 Å². The van der Waals surface area contributed by atoms with E-state index in [1.54, 1.807) is 24.3 Å². The summed E-state index contributed by atoms with van der Waals surface area (Å²) in [5, 5.41) is 28.2. The SMILES string of the molecule is O=C(C=Cc1cccc(O)c1O)CCCCc1ccc(O)cc1. The van der Waals surface area contributed by atoms with E-state index in [-0.39, 0.29) is 23.0 Å². The predicted molar refractivity (Wildman–Crippen MR) is 89.5 cm³/mol. The quantitative estimate of drug-likeness (QED) is 0.413. The molecule has 2 rings (SSSR count). The molecule has 0 aromatic heterocycles. The second-order valence-corrected chi connectivity index (χ2v) is 5.39. The maximum absolute atomic E-state index is 11.8. The molecule has 2 aromatic carbocycles. The summed E-state index contributed by atoms with van der Waals surface area (Å²) in [6.07, 6.45) is 5.91. The number of phenolic OH excluding ortho intramolecular Hbond substituents is 3. The molecule has 4 nitrogen and oxygen atoms in total. The topological polar surface area (TPSA) is 77.8 Å². The normalized spacial score (nSPS) is 11.0. The van der Waals surface area contributed by atoms with Crippen LogP contribution in [0.3, 0.4) is 0 Å². The van der Waals surface area contributed by atoms with Gasteiger partial charge in [0.05, 0.1) is 0 Å². The fourth-order valence-electron chi connectivity index (χ4n) is 2.24. The van der Waals surface area contributed by atoms with E-state index in [0.717, 1.165) is 24.8 Å². The van der Waals surface area contributed by atoms with E-state index in [9.17, 15) is 20.1 Å². The Labute approximate surface area is 135 Å². The van der Waals surface area contributed by atoms with Crippen LogP contribution in [0.1, 0.15) is 30.4 Å². The molecule has 0 saturated carbocycles. The van der Waals surface area contributed by atoms with Crippen LogP contribution in [-0.2, 0) is 11.2 Å². The number of ketones is 1. The summed E-state index contributed by atoms with van der Waals surface area (Å²) in [6.45, 7) is 0. The Hall–Kier alpha value is -2.75. The van der Waals surface area contributed by atoms with E-state index in [0.29, 0.717) is 12.0 Å². The molecule has 0 aliphatic heterocycles. The number of carbonyl (C=O) groups excluding carboxylic acids is 1. The van der Waals surface area contributed by atoms with Gasteiger partial charge in [-0.15, -0.1) is 0 Å². The minimum Gasteiger partial charge on any atom is -0.508 e. The maximum atomic E-state index is 11.8. The van der Waals surface area contributed by atoms with Crippen LogP contribution in [0.5, 0.6) is 17.2 Å². The van der Waals surface area contributed by atoms with Gasteiger partial charge in [0.2, 0.25) is 0 Å². The largest absolute Gasteiger partial charge is 0.508 e. The Morgan fingerprint density at radius 3 is 2.43 bits per heavy atom. The average Bonchev–Trinajstić information content (AvgIpc) is 2.54. The summed E-state index contributed by atoms with van der Waals surface area (Å²) >= 11 is 0. The van der Waals surface area contributed by atoms with E-state index in [2.05, 4.69) is 0 Å². The smallest absolute Gasteiger partial charge is 0.164 e. The van der Waals surface area contributed by atoms with Gasteiger partial charge in [-0.1, -0.05) is 24.3 Å². The van der Waals surface area contributed by atoms with Gasteiger partial charge < -0.3 is 15.3 Å². The number of phenols is 3. The highest BCUT2D eigenvalue weighted by Gasteiger charge is 2.03. The van der Waals surface area contributed by atoms with Crippen molar-refractivity contribution in [1.82, 2.24) is 0 Å². The molecular formula is C19H20O4. The highest BCUT2D eigenvalue weighted by Crippen LogP contribution is 2.29. The van der Waals surface area contributed by atoms with Crippen LogP contribution in [0.2, 0.25) is 0 Å². The van der Waals surface area contributed by atoms with Crippen molar-refractivity contribution in [2.75, 3.05) is 0 Å². The molecule has 0 heterocycles. The average molecular weight is 312 g/mol. The number of aryl methyl sites for hydroxylation is 1. The molecule has 23 heavy (non-hydrogen) atoms. The molecule has 0 aliphatic carbocycles. The number of hydrogen-bond acceptors (Lipinski definition) is 4. The number of aromatic hydroxyl groups is 3. The third-order valence-electron chi connectivity index (χ3n) is 3.57. The first-order chi connectivity index (χ1) is 11.1. The van der Waals surface area contributed by atoms with Crippen molar-refractivity contribution in [3.63, 3.8) is 0 Å². The zero-order chi connectivity index (χ0) is 16.7. The number of benzene rings is 2. The lowest BCUT2D eigenvalue weighted by Crippen LogP contribution is -1.93. The molecule has 120 valence electrons. The van der Waals surface area contributed by atoms with E-state index in [4.69, 9.17) is 0 Å². The Balaban J connectivity index is 1.75. The summed E-state index contributed by atoms with van der Waals surface area (Å²) in [5.41, 5.74) is 1.55. The zero-order valence-electron chi connectivity index (χ0n) is 12.8. The maximum Gasteiger partial charge on any atom is 0.164 e. The van der Waals surface area contributed by atoms with Crippen molar-refractivity contribution in [1.29, 1.82) is 0 Å². The molecule has 0 spiro atoms. The summed E-state index contributed by atoms with van der Waals surface area (Å²) < 4.78 is 0. The third kappa shape index (κ3) is 5.18. The van der Waals surface area contributed by atoms with E-state index in [1.165, 1.54) is 18.2 Å². The van der Waals surface area contributed by atoms with Gasteiger partial charge in [0.25, 0.3) is 0 Å². The molecule has 0 saturated heterocycles. The standard InChI is InChI=1S/C19H20O4/c20-16(13-10-15-5-3-7-18(22)19(15)23)6-2-1-4-14-8-11-17(21)12-9-14/h3,5,7-13,21-23H,1-2,4,6H2. The summed E-state index contributed by atoms with van der Waals surface area (Å²) in [4.78, 5) is 11.8. The number of rotatable bonds is 7. The minimum atomic E-state index is -0.219. The molecule has 0 atom stereocenters. The number of carbonyl (C=O) groups is 1. The minimum absolute atomic E-state index is 0.0153. The lowest BCUT2D eigenvalue weighted by atomic mass is 10.0. The number of hydrogen-bond donors (Lipinski definition) is 3. The Bertz CT molecular complexity index is 687. The molecule has 0 radical (unpaired) electrons. The van der Waals surface area contributed by atoms with Crippen LogP contribution in [-0.4, -0.2) is 21.1 Å². The molecule has 0 amide bonds. The van der Waals surface area contributed by atoms with E-state index < -0.39 is 0 Å². The van der Waals surface area contributed by atoms with Crippen molar-refractivity contribution in [2.24, 2.45) is 0 Å². The van der Waals surface area contributed by atoms with Gasteiger partial charge in [0, 0.05) is 12.0 Å². The van der Waals surface area contributed by atoms with E-state index >= 15 is 0 Å². The van der Waals surface area contributed by atoms with Crippen molar-refractivity contribution < 1.29 is 20.1 Å². The second kappa shape index (κ2) is 8.03. The van der Waals surface area contributed by atoms with Crippen LogP contribution in [0.15, 0.2) is 48.5 Å². The first kappa shape index (κ1) is 16.6. The van der Waals surface area contributed by atoms with Gasteiger partial charge in [-0.25, -0.2) is 0 Å². The van der Waals surface area contributed by atoms with Gasteiger partial charge >= 0.3 is 0 Å². The van der Waals surface area contributed by atoms with Crippen molar-refractivity contribution >= 4 is 11.9 Å². The van der Waals surface area contributed by atoms with Crippen LogP contribution in [0, 0.1) is 0 Å². The predicted octanol–water partition coefficient (Wildman–Crippen LogP) is 3.80. The van der Waals surface area contributed by atoms with Crippen molar-refractivity contribution in [2.45, 2.75) is 25.7 Å². The lowest BCUT2D eigenvalue weighted by molar-refractivity contribution is -0.114. The molecule has 0 unspecified atom stereocenters. The van der Waals surface area contributed by atoms with Gasteiger partial charge in [-0.2, -0.15) is 0 Å². The van der Waals surface area contributed by atoms with Crippen LogP contribution in [0.25, 0.3) is 6.08 Å². The second-order valence-electron chi connectivity index (χ2n) is 5.39. The fourth-order valence-corrected chi connectivity index (χ4v) is 2.24. The molecule has 0 fully saturated rings. The summed E-state index contributed by atoms with van der Waals surface area (Å²) in [6, 6.07) is 11.7.